The van der Waals surface area contributed by atoms with Crippen molar-refractivity contribution in [2.75, 3.05) is 0 Å². The maximum absolute atomic E-state index is 9.26. The Balaban J connectivity index is 2.28. The minimum Gasteiger partial charge on any atom is -0.198 e. The highest BCUT2D eigenvalue weighted by Crippen LogP contribution is 2.39. The lowest BCUT2D eigenvalue weighted by atomic mass is 9.79. The van der Waals surface area contributed by atoms with Crippen LogP contribution in [0, 0.1) is 22.7 Å². The fourth-order valence-corrected chi connectivity index (χ4v) is 2.57. The van der Waals surface area contributed by atoms with Crippen molar-refractivity contribution in [3.05, 3.63) is 59.2 Å². The van der Waals surface area contributed by atoms with Crippen LogP contribution in [0.4, 0.5) is 0 Å². The third kappa shape index (κ3) is 1.48. The lowest BCUT2D eigenvalue weighted by Crippen LogP contribution is -2.09. The van der Waals surface area contributed by atoms with Crippen LogP contribution in [0.5, 0.6) is 0 Å². The molecule has 2 aromatic carbocycles. The van der Waals surface area contributed by atoms with Gasteiger partial charge >= 0.3 is 0 Å². The largest absolute Gasteiger partial charge is 0.198 e. The summed E-state index contributed by atoms with van der Waals surface area (Å²) in [6.07, 6.45) is 0.731. The molecule has 0 bridgehead atoms. The Morgan fingerprint density at radius 3 is 2.61 bits per heavy atom. The van der Waals surface area contributed by atoms with E-state index in [1.807, 2.05) is 42.5 Å². The minimum absolute atomic E-state index is 0.0818. The van der Waals surface area contributed by atoms with Crippen molar-refractivity contribution in [2.45, 2.75) is 12.3 Å². The summed E-state index contributed by atoms with van der Waals surface area (Å²) in [6.45, 7) is 0. The Labute approximate surface area is 106 Å². The fraction of sp³-hybridized carbons (Fsp3) is 0.125. The number of benzene rings is 2. The van der Waals surface area contributed by atoms with Crippen molar-refractivity contribution >= 4 is 0 Å². The van der Waals surface area contributed by atoms with E-state index < -0.39 is 0 Å². The Bertz CT molecular complexity index is 702. The summed E-state index contributed by atoms with van der Waals surface area (Å²) in [4.78, 5) is 0. The number of fused-ring (bicyclic) bond motifs is 3. The molecule has 0 heterocycles. The molecule has 2 nitrogen and oxygen atoms in total. The lowest BCUT2D eigenvalue weighted by molar-refractivity contribution is 0.836. The minimum atomic E-state index is -0.0818. The van der Waals surface area contributed by atoms with E-state index in [2.05, 4.69) is 12.1 Å². The molecule has 0 spiro atoms. The molecule has 18 heavy (non-hydrogen) atoms. The van der Waals surface area contributed by atoms with Crippen LogP contribution in [0.1, 0.15) is 22.6 Å². The van der Waals surface area contributed by atoms with Crippen LogP contribution in [0.3, 0.4) is 0 Å². The second-order valence-electron chi connectivity index (χ2n) is 4.46. The Morgan fingerprint density at radius 1 is 1.00 bits per heavy atom. The fourth-order valence-electron chi connectivity index (χ4n) is 2.57. The first-order valence-corrected chi connectivity index (χ1v) is 5.85. The van der Waals surface area contributed by atoms with Crippen molar-refractivity contribution in [1.82, 2.24) is 0 Å². The highest BCUT2D eigenvalue weighted by atomic mass is 14.3. The maximum Gasteiger partial charge on any atom is 0.0991 e. The molecule has 3 rings (SSSR count). The molecule has 1 unspecified atom stereocenters. The van der Waals surface area contributed by atoms with Gasteiger partial charge in [-0.25, -0.2) is 0 Å². The monoisotopic (exact) mass is 230 g/mol. The molecule has 2 aromatic rings. The molecule has 1 atom stereocenters. The highest BCUT2D eigenvalue weighted by molar-refractivity contribution is 5.75. The van der Waals surface area contributed by atoms with Crippen molar-refractivity contribution in [2.24, 2.45) is 0 Å². The second-order valence-corrected chi connectivity index (χ2v) is 4.46. The van der Waals surface area contributed by atoms with Gasteiger partial charge in [0.15, 0.2) is 0 Å². The number of nitriles is 2. The van der Waals surface area contributed by atoms with Gasteiger partial charge < -0.3 is 0 Å². The summed E-state index contributed by atoms with van der Waals surface area (Å²) >= 11 is 0. The van der Waals surface area contributed by atoms with E-state index in [-0.39, 0.29) is 5.92 Å². The first-order chi connectivity index (χ1) is 8.83. The number of nitrogens with zero attached hydrogens (tertiary/aromatic N) is 2. The van der Waals surface area contributed by atoms with Gasteiger partial charge in [-0.2, -0.15) is 10.5 Å². The molecule has 0 radical (unpaired) electrons. The van der Waals surface area contributed by atoms with Crippen molar-refractivity contribution in [3.63, 3.8) is 0 Å². The van der Waals surface area contributed by atoms with E-state index in [1.54, 1.807) is 0 Å². The molecule has 0 saturated heterocycles. The smallest absolute Gasteiger partial charge is 0.0991 e. The zero-order valence-corrected chi connectivity index (χ0v) is 9.72. The summed E-state index contributed by atoms with van der Waals surface area (Å²) in [5.74, 6) is -0.0818. The first-order valence-electron chi connectivity index (χ1n) is 5.85. The summed E-state index contributed by atoms with van der Waals surface area (Å²) in [6, 6.07) is 18.2. The Kier molecular flexibility index (Phi) is 2.36. The zero-order chi connectivity index (χ0) is 12.5. The molecule has 2 heteroatoms. The molecule has 0 N–H and O–H groups in total. The second kappa shape index (κ2) is 4.02. The summed E-state index contributed by atoms with van der Waals surface area (Å²) in [7, 11) is 0. The van der Waals surface area contributed by atoms with Crippen LogP contribution >= 0.6 is 0 Å². The van der Waals surface area contributed by atoms with Gasteiger partial charge in [0.05, 0.1) is 23.6 Å². The van der Waals surface area contributed by atoms with Crippen LogP contribution in [0.15, 0.2) is 42.5 Å². The van der Waals surface area contributed by atoms with Gasteiger partial charge in [-0.3, -0.25) is 0 Å². The molecule has 0 saturated carbocycles. The van der Waals surface area contributed by atoms with Crippen LogP contribution in [0.25, 0.3) is 11.1 Å². The molecule has 84 valence electrons. The number of rotatable bonds is 0. The van der Waals surface area contributed by atoms with Gasteiger partial charge in [-0.05, 0) is 40.8 Å². The molecule has 0 amide bonds. The molecule has 1 aliphatic carbocycles. The molecular weight excluding hydrogens is 220 g/mol. The third-order valence-corrected chi connectivity index (χ3v) is 3.45. The van der Waals surface area contributed by atoms with Crippen molar-refractivity contribution in [3.8, 4) is 23.3 Å². The van der Waals surface area contributed by atoms with Crippen LogP contribution < -0.4 is 0 Å². The van der Waals surface area contributed by atoms with Gasteiger partial charge in [0.25, 0.3) is 0 Å². The summed E-state index contributed by atoms with van der Waals surface area (Å²) in [5, 5.41) is 18.2. The SMILES string of the molecule is N#Cc1ccc2c(c1)-c1ccccc1C(C#N)C2. The van der Waals surface area contributed by atoms with Crippen LogP contribution in [-0.2, 0) is 6.42 Å². The van der Waals surface area contributed by atoms with Crippen molar-refractivity contribution < 1.29 is 0 Å². The van der Waals surface area contributed by atoms with Crippen LogP contribution in [0.2, 0.25) is 0 Å². The predicted molar refractivity (Wildman–Crippen MR) is 68.7 cm³/mol. The zero-order valence-electron chi connectivity index (χ0n) is 9.72. The molecule has 1 aliphatic rings. The molecular formula is C16H10N2. The molecule has 0 aromatic heterocycles. The standard InChI is InChI=1S/C16H10N2/c17-9-11-5-6-12-8-13(10-18)14-3-1-2-4-15(14)16(12)7-11/h1-7,13H,8H2. The van der Waals surface area contributed by atoms with E-state index in [1.165, 1.54) is 0 Å². The average molecular weight is 230 g/mol. The van der Waals surface area contributed by atoms with Gasteiger partial charge in [-0.15, -0.1) is 0 Å². The first kappa shape index (κ1) is 10.6. The van der Waals surface area contributed by atoms with Gasteiger partial charge in [-0.1, -0.05) is 30.3 Å². The van der Waals surface area contributed by atoms with Crippen molar-refractivity contribution in [1.29, 1.82) is 10.5 Å². The highest BCUT2D eigenvalue weighted by Gasteiger charge is 2.24. The average Bonchev–Trinajstić information content (AvgIpc) is 2.45. The topological polar surface area (TPSA) is 47.6 Å². The summed E-state index contributed by atoms with van der Waals surface area (Å²) in [5.41, 5.74) is 5.07. The van der Waals surface area contributed by atoms with Gasteiger partial charge in [0, 0.05) is 0 Å². The Hall–Kier alpha value is -2.58. The third-order valence-electron chi connectivity index (χ3n) is 3.45. The molecule has 0 aliphatic heterocycles. The van der Waals surface area contributed by atoms with Gasteiger partial charge in [0.1, 0.15) is 0 Å². The Morgan fingerprint density at radius 2 is 1.83 bits per heavy atom. The molecule has 0 fully saturated rings. The van der Waals surface area contributed by atoms with Gasteiger partial charge in [0.2, 0.25) is 0 Å². The van der Waals surface area contributed by atoms with Crippen LogP contribution in [-0.4, -0.2) is 0 Å². The van der Waals surface area contributed by atoms with E-state index in [0.29, 0.717) is 5.56 Å². The lowest BCUT2D eigenvalue weighted by Gasteiger charge is -2.23. The number of hydrogen-bond donors (Lipinski definition) is 0. The normalized spacial score (nSPS) is 16.0. The maximum atomic E-state index is 9.26. The van der Waals surface area contributed by atoms with E-state index in [0.717, 1.165) is 28.7 Å². The quantitative estimate of drug-likeness (QED) is 0.696. The van der Waals surface area contributed by atoms with E-state index in [9.17, 15) is 5.26 Å². The number of hydrogen-bond acceptors (Lipinski definition) is 2. The van der Waals surface area contributed by atoms with E-state index in [4.69, 9.17) is 5.26 Å². The van der Waals surface area contributed by atoms with E-state index >= 15 is 0 Å². The predicted octanol–water partition coefficient (Wildman–Crippen LogP) is 3.39. The summed E-state index contributed by atoms with van der Waals surface area (Å²) < 4.78 is 0.